The van der Waals surface area contributed by atoms with Crippen LogP contribution in [0.4, 0.5) is 0 Å². The van der Waals surface area contributed by atoms with E-state index in [9.17, 15) is 5.26 Å². The lowest BCUT2D eigenvalue weighted by Crippen LogP contribution is -2.21. The van der Waals surface area contributed by atoms with Gasteiger partial charge < -0.3 is 4.74 Å². The minimum atomic E-state index is -0.209. The van der Waals surface area contributed by atoms with Crippen LogP contribution in [0, 0.1) is 11.3 Å². The molecule has 0 aromatic heterocycles. The van der Waals surface area contributed by atoms with Crippen LogP contribution in [-0.2, 0) is 0 Å². The molecule has 3 nitrogen and oxygen atoms in total. The van der Waals surface area contributed by atoms with E-state index in [2.05, 4.69) is 17.5 Å². The molecule has 0 spiro atoms. The molecule has 3 heteroatoms. The second-order valence-electron chi connectivity index (χ2n) is 4.98. The van der Waals surface area contributed by atoms with E-state index in [0.717, 1.165) is 22.1 Å². The molecule has 1 unspecified atom stereocenters. The highest BCUT2D eigenvalue weighted by atomic mass is 16.5. The number of rotatable bonds is 4. The Balaban J connectivity index is 1.94. The smallest absolute Gasteiger partial charge is 0.121 e. The first kappa shape index (κ1) is 12.0. The topological polar surface area (TPSA) is 45.0 Å². The lowest BCUT2D eigenvalue weighted by Gasteiger charge is -2.12. The van der Waals surface area contributed by atoms with E-state index in [1.165, 1.54) is 12.8 Å². The number of benzene rings is 2. The van der Waals surface area contributed by atoms with Crippen LogP contribution < -0.4 is 10.1 Å². The standard InChI is InChI=1S/C16H16N2O/c1-19-15-7-4-11-8-13(3-2-12(11)9-15)16(10-17)18-14-5-6-14/h2-4,7-9,14,16,18H,5-6H2,1H3. The van der Waals surface area contributed by atoms with Gasteiger partial charge in [0.05, 0.1) is 13.2 Å². The van der Waals surface area contributed by atoms with E-state index < -0.39 is 0 Å². The Bertz CT molecular complexity index is 641. The summed E-state index contributed by atoms with van der Waals surface area (Å²) in [7, 11) is 1.67. The molecule has 1 fully saturated rings. The van der Waals surface area contributed by atoms with Crippen LogP contribution in [0.25, 0.3) is 10.8 Å². The van der Waals surface area contributed by atoms with Crippen molar-refractivity contribution in [3.63, 3.8) is 0 Å². The summed E-state index contributed by atoms with van der Waals surface area (Å²) in [5, 5.41) is 14.9. The third-order valence-electron chi connectivity index (χ3n) is 3.51. The molecule has 96 valence electrons. The largest absolute Gasteiger partial charge is 0.497 e. The summed E-state index contributed by atoms with van der Waals surface area (Å²) in [6, 6.07) is 14.8. The highest BCUT2D eigenvalue weighted by molar-refractivity contribution is 5.84. The number of fused-ring (bicyclic) bond motifs is 1. The second-order valence-corrected chi connectivity index (χ2v) is 4.98. The molecule has 2 aromatic rings. The first-order chi connectivity index (χ1) is 9.30. The van der Waals surface area contributed by atoms with Crippen LogP contribution in [0.5, 0.6) is 5.75 Å². The van der Waals surface area contributed by atoms with Gasteiger partial charge in [-0.3, -0.25) is 5.32 Å². The lowest BCUT2D eigenvalue weighted by atomic mass is 10.0. The van der Waals surface area contributed by atoms with Gasteiger partial charge in [0.25, 0.3) is 0 Å². The van der Waals surface area contributed by atoms with Crippen molar-refractivity contribution in [2.75, 3.05) is 7.11 Å². The molecule has 0 heterocycles. The van der Waals surface area contributed by atoms with E-state index in [1.807, 2.05) is 30.3 Å². The Hall–Kier alpha value is -2.05. The van der Waals surface area contributed by atoms with Crippen LogP contribution >= 0.6 is 0 Å². The summed E-state index contributed by atoms with van der Waals surface area (Å²) in [4.78, 5) is 0. The van der Waals surface area contributed by atoms with Gasteiger partial charge >= 0.3 is 0 Å². The summed E-state index contributed by atoms with van der Waals surface area (Å²) in [5.74, 6) is 0.855. The maximum Gasteiger partial charge on any atom is 0.121 e. The molecule has 1 atom stereocenters. The number of nitriles is 1. The monoisotopic (exact) mass is 252 g/mol. The molecule has 0 aliphatic heterocycles. The van der Waals surface area contributed by atoms with Gasteiger partial charge in [-0.25, -0.2) is 0 Å². The molecule has 19 heavy (non-hydrogen) atoms. The fourth-order valence-corrected chi connectivity index (χ4v) is 2.24. The van der Waals surface area contributed by atoms with Gasteiger partial charge in [-0.05, 0) is 47.4 Å². The maximum absolute atomic E-state index is 9.28. The minimum Gasteiger partial charge on any atom is -0.497 e. The molecule has 1 aliphatic carbocycles. The van der Waals surface area contributed by atoms with E-state index in [1.54, 1.807) is 7.11 Å². The van der Waals surface area contributed by atoms with E-state index in [-0.39, 0.29) is 6.04 Å². The zero-order valence-electron chi connectivity index (χ0n) is 10.9. The van der Waals surface area contributed by atoms with E-state index in [4.69, 9.17) is 4.74 Å². The van der Waals surface area contributed by atoms with Crippen LogP contribution in [0.1, 0.15) is 24.4 Å². The van der Waals surface area contributed by atoms with Crippen molar-refractivity contribution >= 4 is 10.8 Å². The Morgan fingerprint density at radius 1 is 1.21 bits per heavy atom. The highest BCUT2D eigenvalue weighted by Gasteiger charge is 2.25. The molecule has 0 bridgehead atoms. The Morgan fingerprint density at radius 2 is 1.95 bits per heavy atom. The molecule has 0 saturated heterocycles. The molecule has 1 N–H and O–H groups in total. The highest BCUT2D eigenvalue weighted by Crippen LogP contribution is 2.27. The van der Waals surface area contributed by atoms with Crippen LogP contribution in [0.15, 0.2) is 36.4 Å². The normalized spacial score (nSPS) is 16.0. The van der Waals surface area contributed by atoms with Crippen molar-refractivity contribution in [2.45, 2.75) is 24.9 Å². The first-order valence-electron chi connectivity index (χ1n) is 6.53. The fraction of sp³-hybridized carbons (Fsp3) is 0.312. The van der Waals surface area contributed by atoms with Crippen molar-refractivity contribution < 1.29 is 4.74 Å². The van der Waals surface area contributed by atoms with Gasteiger partial charge in [0, 0.05) is 6.04 Å². The first-order valence-corrected chi connectivity index (χ1v) is 6.53. The van der Waals surface area contributed by atoms with Crippen molar-refractivity contribution in [2.24, 2.45) is 0 Å². The fourth-order valence-electron chi connectivity index (χ4n) is 2.24. The number of methoxy groups -OCH3 is 1. The SMILES string of the molecule is COc1ccc2cc(C(C#N)NC3CC3)ccc2c1. The van der Waals surface area contributed by atoms with Crippen LogP contribution in [0.2, 0.25) is 0 Å². The number of ether oxygens (including phenoxy) is 1. The van der Waals surface area contributed by atoms with Crippen LogP contribution in [0.3, 0.4) is 0 Å². The quantitative estimate of drug-likeness (QED) is 0.909. The number of hydrogen-bond acceptors (Lipinski definition) is 3. The zero-order chi connectivity index (χ0) is 13.2. The van der Waals surface area contributed by atoms with Gasteiger partial charge in [0.1, 0.15) is 11.8 Å². The maximum atomic E-state index is 9.28. The van der Waals surface area contributed by atoms with Gasteiger partial charge in [-0.2, -0.15) is 5.26 Å². The molecular weight excluding hydrogens is 236 g/mol. The van der Waals surface area contributed by atoms with Crippen molar-refractivity contribution in [3.8, 4) is 11.8 Å². The minimum absolute atomic E-state index is 0.209. The summed E-state index contributed by atoms with van der Waals surface area (Å²) in [6.07, 6.45) is 2.37. The predicted octanol–water partition coefficient (Wildman–Crippen LogP) is 3.17. The lowest BCUT2D eigenvalue weighted by molar-refractivity contribution is 0.415. The zero-order valence-corrected chi connectivity index (χ0v) is 10.9. The van der Waals surface area contributed by atoms with Crippen molar-refractivity contribution in [1.82, 2.24) is 5.32 Å². The number of hydrogen-bond donors (Lipinski definition) is 1. The van der Waals surface area contributed by atoms with Crippen molar-refractivity contribution in [1.29, 1.82) is 5.26 Å². The average Bonchev–Trinajstić information content (AvgIpc) is 3.27. The summed E-state index contributed by atoms with van der Waals surface area (Å²) < 4.78 is 5.22. The van der Waals surface area contributed by atoms with Gasteiger partial charge in [-0.15, -0.1) is 0 Å². The molecule has 3 rings (SSSR count). The van der Waals surface area contributed by atoms with Crippen LogP contribution in [-0.4, -0.2) is 13.2 Å². The van der Waals surface area contributed by atoms with E-state index in [0.29, 0.717) is 6.04 Å². The molecule has 1 aliphatic rings. The van der Waals surface area contributed by atoms with Crippen molar-refractivity contribution in [3.05, 3.63) is 42.0 Å². The summed E-state index contributed by atoms with van der Waals surface area (Å²) in [6.45, 7) is 0. The Kier molecular flexibility index (Phi) is 3.10. The number of nitrogens with one attached hydrogen (secondary N) is 1. The van der Waals surface area contributed by atoms with Gasteiger partial charge in [0.2, 0.25) is 0 Å². The molecule has 2 aromatic carbocycles. The number of nitrogens with zero attached hydrogens (tertiary/aromatic N) is 1. The predicted molar refractivity (Wildman–Crippen MR) is 75.0 cm³/mol. The Labute approximate surface area is 112 Å². The molecular formula is C16H16N2O. The molecule has 0 radical (unpaired) electrons. The summed E-state index contributed by atoms with van der Waals surface area (Å²) in [5.41, 5.74) is 1.03. The Morgan fingerprint density at radius 3 is 2.63 bits per heavy atom. The van der Waals surface area contributed by atoms with E-state index >= 15 is 0 Å². The third kappa shape index (κ3) is 2.54. The van der Waals surface area contributed by atoms with Gasteiger partial charge in [0.15, 0.2) is 0 Å². The van der Waals surface area contributed by atoms with Gasteiger partial charge in [-0.1, -0.05) is 18.2 Å². The third-order valence-corrected chi connectivity index (χ3v) is 3.51. The summed E-state index contributed by atoms with van der Waals surface area (Å²) >= 11 is 0. The second kappa shape index (κ2) is 4.91. The molecule has 1 saturated carbocycles. The average molecular weight is 252 g/mol. The molecule has 0 amide bonds.